The molecule has 0 fully saturated rings. The van der Waals surface area contributed by atoms with E-state index in [0.717, 1.165) is 5.56 Å². The number of nitriles is 1. The summed E-state index contributed by atoms with van der Waals surface area (Å²) in [5.41, 5.74) is 0.871. The zero-order valence-corrected chi connectivity index (χ0v) is 15.1. The summed E-state index contributed by atoms with van der Waals surface area (Å²) in [5, 5.41) is 21.4. The van der Waals surface area contributed by atoms with Crippen LogP contribution >= 0.6 is 11.6 Å². The molecule has 6 nitrogen and oxygen atoms in total. The number of carbonyl (C=O) groups is 2. The molecule has 7 heteroatoms. The van der Waals surface area contributed by atoms with Gasteiger partial charge in [0.05, 0.1) is 5.56 Å². The van der Waals surface area contributed by atoms with Gasteiger partial charge in [-0.2, -0.15) is 5.26 Å². The number of carbonyl (C=O) groups excluding carboxylic acids is 1. The van der Waals surface area contributed by atoms with Gasteiger partial charge in [-0.15, -0.1) is 0 Å². The maximum Gasteiger partial charge on any atom is 0.335 e. The zero-order valence-electron chi connectivity index (χ0n) is 14.3. The van der Waals surface area contributed by atoms with E-state index in [0.29, 0.717) is 16.5 Å². The molecule has 0 aliphatic heterocycles. The Morgan fingerprint density at radius 2 is 1.89 bits per heavy atom. The summed E-state index contributed by atoms with van der Waals surface area (Å²) in [6, 6.07) is 18.0. The van der Waals surface area contributed by atoms with Crippen molar-refractivity contribution in [1.82, 2.24) is 0 Å². The van der Waals surface area contributed by atoms with Crippen LogP contribution in [-0.4, -0.2) is 17.0 Å². The first-order valence-corrected chi connectivity index (χ1v) is 8.46. The number of benzene rings is 2. The number of amides is 1. The molecule has 1 heterocycles. The van der Waals surface area contributed by atoms with Gasteiger partial charge in [-0.1, -0.05) is 29.8 Å². The van der Waals surface area contributed by atoms with Gasteiger partial charge in [-0.25, -0.2) is 4.79 Å². The van der Waals surface area contributed by atoms with E-state index in [1.165, 1.54) is 30.3 Å². The Balaban J connectivity index is 1.80. The lowest BCUT2D eigenvalue weighted by Gasteiger charge is -2.05. The molecule has 0 saturated heterocycles. The second kappa shape index (κ2) is 8.25. The molecule has 2 N–H and O–H groups in total. The third-order valence-electron chi connectivity index (χ3n) is 3.75. The molecule has 3 aromatic rings. The third-order valence-corrected chi connectivity index (χ3v) is 3.99. The fourth-order valence-electron chi connectivity index (χ4n) is 2.45. The smallest absolute Gasteiger partial charge is 0.335 e. The number of furan rings is 1. The molecule has 1 aromatic heterocycles. The lowest BCUT2D eigenvalue weighted by molar-refractivity contribution is -0.112. The molecule has 0 aliphatic carbocycles. The van der Waals surface area contributed by atoms with Gasteiger partial charge in [0.25, 0.3) is 5.91 Å². The topological polar surface area (TPSA) is 103 Å². The highest BCUT2D eigenvalue weighted by Crippen LogP contribution is 2.26. The first kappa shape index (κ1) is 19.0. The summed E-state index contributed by atoms with van der Waals surface area (Å²) in [5.74, 6) is -0.927. The Morgan fingerprint density at radius 1 is 1.11 bits per heavy atom. The van der Waals surface area contributed by atoms with Crippen LogP contribution in [0, 0.1) is 11.3 Å². The Morgan fingerprint density at radius 3 is 2.61 bits per heavy atom. The van der Waals surface area contributed by atoms with E-state index in [2.05, 4.69) is 5.32 Å². The fourth-order valence-corrected chi connectivity index (χ4v) is 2.64. The van der Waals surface area contributed by atoms with Gasteiger partial charge in [0, 0.05) is 22.3 Å². The summed E-state index contributed by atoms with van der Waals surface area (Å²) in [4.78, 5) is 23.4. The predicted molar refractivity (Wildman–Crippen MR) is 105 cm³/mol. The Bertz CT molecular complexity index is 1130. The lowest BCUT2D eigenvalue weighted by atomic mass is 10.2. The first-order valence-electron chi connectivity index (χ1n) is 8.08. The van der Waals surface area contributed by atoms with E-state index in [9.17, 15) is 14.9 Å². The second-order valence-corrected chi connectivity index (χ2v) is 6.16. The van der Waals surface area contributed by atoms with Crippen LogP contribution in [0.15, 0.2) is 70.7 Å². The highest BCUT2D eigenvalue weighted by Gasteiger charge is 2.13. The van der Waals surface area contributed by atoms with Crippen LogP contribution in [0.5, 0.6) is 0 Å². The third kappa shape index (κ3) is 4.47. The van der Waals surface area contributed by atoms with Crippen molar-refractivity contribution in [2.45, 2.75) is 0 Å². The molecule has 0 saturated carbocycles. The van der Waals surface area contributed by atoms with Gasteiger partial charge in [0.2, 0.25) is 0 Å². The Hall–Kier alpha value is -3.82. The van der Waals surface area contributed by atoms with E-state index in [1.54, 1.807) is 30.3 Å². The first-order chi connectivity index (χ1) is 13.5. The van der Waals surface area contributed by atoms with Crippen LogP contribution in [0.2, 0.25) is 5.02 Å². The molecule has 0 atom stereocenters. The number of hydrogen-bond donors (Lipinski definition) is 2. The van der Waals surface area contributed by atoms with E-state index in [1.807, 2.05) is 12.1 Å². The number of anilines is 1. The summed E-state index contributed by atoms with van der Waals surface area (Å²) < 4.78 is 5.66. The van der Waals surface area contributed by atoms with E-state index in [4.69, 9.17) is 21.1 Å². The van der Waals surface area contributed by atoms with Gasteiger partial charge < -0.3 is 14.8 Å². The van der Waals surface area contributed by atoms with Crippen molar-refractivity contribution in [3.8, 4) is 17.4 Å². The molecule has 28 heavy (non-hydrogen) atoms. The van der Waals surface area contributed by atoms with Crippen LogP contribution in [0.4, 0.5) is 5.69 Å². The van der Waals surface area contributed by atoms with Gasteiger partial charge in [0.15, 0.2) is 0 Å². The lowest BCUT2D eigenvalue weighted by Crippen LogP contribution is -2.13. The van der Waals surface area contributed by atoms with E-state index >= 15 is 0 Å². The number of rotatable bonds is 5. The maximum atomic E-state index is 12.3. The van der Waals surface area contributed by atoms with Crippen molar-refractivity contribution in [2.75, 3.05) is 5.32 Å². The van der Waals surface area contributed by atoms with Crippen LogP contribution in [0.3, 0.4) is 0 Å². The summed E-state index contributed by atoms with van der Waals surface area (Å²) in [6.45, 7) is 0. The summed E-state index contributed by atoms with van der Waals surface area (Å²) in [6.07, 6.45) is 1.31. The van der Waals surface area contributed by atoms with Crippen LogP contribution < -0.4 is 5.32 Å². The molecule has 0 unspecified atom stereocenters. The molecule has 1 amide bonds. The van der Waals surface area contributed by atoms with Crippen molar-refractivity contribution < 1.29 is 19.1 Å². The number of nitrogens with one attached hydrogen (secondary N) is 1. The molecule has 2 aromatic carbocycles. The average Bonchev–Trinajstić information content (AvgIpc) is 3.15. The molecule has 0 radical (unpaired) electrons. The highest BCUT2D eigenvalue weighted by atomic mass is 35.5. The Labute approximate surface area is 165 Å². The quantitative estimate of drug-likeness (QED) is 0.477. The molecule has 3 rings (SSSR count). The number of carboxylic acids is 1. The van der Waals surface area contributed by atoms with Crippen LogP contribution in [-0.2, 0) is 4.79 Å². The normalized spacial score (nSPS) is 10.9. The number of halogens is 1. The van der Waals surface area contributed by atoms with Gasteiger partial charge in [0.1, 0.15) is 23.2 Å². The molecule has 0 aliphatic rings. The fraction of sp³-hybridized carbons (Fsp3) is 0. The van der Waals surface area contributed by atoms with Gasteiger partial charge in [-0.05, 0) is 42.5 Å². The minimum absolute atomic E-state index is 0.0254. The van der Waals surface area contributed by atoms with Crippen LogP contribution in [0.1, 0.15) is 16.1 Å². The molecule has 0 bridgehead atoms. The molecule has 0 spiro atoms. The van der Waals surface area contributed by atoms with Crippen molar-refractivity contribution in [2.24, 2.45) is 0 Å². The number of nitrogens with zero attached hydrogens (tertiary/aromatic N) is 1. The second-order valence-electron chi connectivity index (χ2n) is 5.72. The Kier molecular flexibility index (Phi) is 5.58. The predicted octanol–water partition coefficient (Wildman–Crippen LogP) is 4.84. The standard InChI is InChI=1S/C21H13ClN2O4/c22-16-5-1-3-13(9-16)19-8-7-18(28-19)11-15(12-23)20(25)24-17-6-2-4-14(10-17)21(26)27/h1-11H,(H,24,25)(H,26,27). The molecule has 138 valence electrons. The number of carboxylic acid groups (broad SMARTS) is 1. The van der Waals surface area contributed by atoms with Gasteiger partial charge >= 0.3 is 5.97 Å². The van der Waals surface area contributed by atoms with Crippen molar-refractivity contribution in [3.63, 3.8) is 0 Å². The monoisotopic (exact) mass is 392 g/mol. The largest absolute Gasteiger partial charge is 0.478 e. The average molecular weight is 393 g/mol. The van der Waals surface area contributed by atoms with Crippen molar-refractivity contribution >= 4 is 35.2 Å². The minimum Gasteiger partial charge on any atom is -0.478 e. The van der Waals surface area contributed by atoms with Crippen molar-refractivity contribution in [3.05, 3.63) is 82.6 Å². The zero-order chi connectivity index (χ0) is 20.1. The molecular weight excluding hydrogens is 380 g/mol. The van der Waals surface area contributed by atoms with Gasteiger partial charge in [-0.3, -0.25) is 4.79 Å². The molecular formula is C21H13ClN2O4. The highest BCUT2D eigenvalue weighted by molar-refractivity contribution is 6.30. The number of aromatic carboxylic acids is 1. The summed E-state index contributed by atoms with van der Waals surface area (Å²) in [7, 11) is 0. The van der Waals surface area contributed by atoms with Crippen molar-refractivity contribution in [1.29, 1.82) is 5.26 Å². The number of hydrogen-bond acceptors (Lipinski definition) is 4. The maximum absolute atomic E-state index is 12.3. The van der Waals surface area contributed by atoms with E-state index < -0.39 is 11.9 Å². The SMILES string of the molecule is N#CC(=Cc1ccc(-c2cccc(Cl)c2)o1)C(=O)Nc1cccc(C(=O)O)c1. The van der Waals surface area contributed by atoms with Crippen LogP contribution in [0.25, 0.3) is 17.4 Å². The summed E-state index contributed by atoms with van der Waals surface area (Å²) >= 11 is 5.97. The van der Waals surface area contributed by atoms with E-state index in [-0.39, 0.29) is 16.8 Å². The minimum atomic E-state index is -1.11.